The fourth-order valence-electron chi connectivity index (χ4n) is 6.77. The molecule has 1 rings (SSSR count). The molecule has 9 N–H and O–H groups in total. The smallest absolute Gasteiger partial charge is 0.326 e. The number of hydrogen-bond donors (Lipinski definition) is 8. The van der Waals surface area contributed by atoms with Crippen molar-refractivity contribution in [2.75, 3.05) is 39.5 Å². The molecular weight excluding hydrogens is 829 g/mol. The van der Waals surface area contributed by atoms with Gasteiger partial charge in [-0.05, 0) is 46.0 Å². The van der Waals surface area contributed by atoms with Crippen molar-refractivity contribution in [3.8, 4) is 0 Å². The highest BCUT2D eigenvalue weighted by molar-refractivity contribution is 5.88. The van der Waals surface area contributed by atoms with Gasteiger partial charge in [-0.1, -0.05) is 96.3 Å². The Morgan fingerprint density at radius 2 is 1.20 bits per heavy atom. The first-order valence-electron chi connectivity index (χ1n) is 23.7. The number of H-pyrrole nitrogens is 1. The molecule has 3 amide bonds. The molecule has 0 saturated heterocycles. The molecule has 0 aliphatic rings. The molecule has 3 atom stereocenters. The van der Waals surface area contributed by atoms with Crippen LogP contribution >= 0.6 is 0 Å². The quantitative estimate of drug-likeness (QED) is 0.0344. The number of Topliss-reactive ketones (excluding diaryl/α,β-unsaturated/α-hetero) is 1. The van der Waals surface area contributed by atoms with Crippen LogP contribution < -0.4 is 21.7 Å². The van der Waals surface area contributed by atoms with E-state index < -0.39 is 35.9 Å². The van der Waals surface area contributed by atoms with Crippen LogP contribution in [0.25, 0.3) is 0 Å². The van der Waals surface area contributed by atoms with Gasteiger partial charge in [0.2, 0.25) is 17.7 Å². The number of imidazole rings is 1. The molecule has 0 unspecified atom stereocenters. The summed E-state index contributed by atoms with van der Waals surface area (Å²) in [6.45, 7) is 6.01. The summed E-state index contributed by atoms with van der Waals surface area (Å²) in [6, 6.07) is -1.80. The molecule has 370 valence electrons. The number of rotatable bonds is 42. The van der Waals surface area contributed by atoms with Gasteiger partial charge in [0.15, 0.2) is 5.78 Å². The maximum Gasteiger partial charge on any atom is 0.326 e. The number of hydrogen-bond acceptors (Lipinski definition) is 11. The highest BCUT2D eigenvalue weighted by atomic mass is 16.5. The molecule has 1 aromatic heterocycles. The normalized spacial score (nSPS) is 12.3. The number of nitrogens with zero attached hydrogens (tertiary/aromatic N) is 1. The summed E-state index contributed by atoms with van der Waals surface area (Å²) in [6.07, 6.45) is 23.9. The number of nitrogens with one attached hydrogen (secondary N) is 4. The number of carboxylic acids is 3. The molecule has 0 spiro atoms. The monoisotopic (exact) mass is 913 g/mol. The largest absolute Gasteiger partial charge is 0.481 e. The number of ether oxygens (including phenoxy) is 2. The van der Waals surface area contributed by atoms with E-state index in [0.717, 1.165) is 44.2 Å². The summed E-state index contributed by atoms with van der Waals surface area (Å²) in [5.74, 6) is -4.58. The van der Waals surface area contributed by atoms with E-state index in [0.29, 0.717) is 71.4 Å². The van der Waals surface area contributed by atoms with Crippen molar-refractivity contribution in [1.29, 1.82) is 0 Å². The highest BCUT2D eigenvalue weighted by Crippen LogP contribution is 2.16. The summed E-state index contributed by atoms with van der Waals surface area (Å²) in [4.78, 5) is 87.4. The van der Waals surface area contributed by atoms with E-state index in [-0.39, 0.29) is 50.8 Å². The first-order valence-corrected chi connectivity index (χ1v) is 23.7. The van der Waals surface area contributed by atoms with Crippen LogP contribution in [0.15, 0.2) is 12.5 Å². The predicted octanol–water partition coefficient (Wildman–Crippen LogP) is 6.10. The number of carbonyl (C=O) groups excluding carboxylic acids is 4. The number of carboxylic acid groups (broad SMARTS) is 3. The van der Waals surface area contributed by atoms with Crippen molar-refractivity contribution < 1.29 is 59.8 Å². The number of aromatic amines is 1. The van der Waals surface area contributed by atoms with Crippen molar-refractivity contribution in [2.45, 2.75) is 186 Å². The van der Waals surface area contributed by atoms with Crippen LogP contribution in [0.1, 0.15) is 175 Å². The number of aromatic nitrogens is 2. The molecule has 0 radical (unpaired) electrons. The molecule has 0 aliphatic carbocycles. The second-order valence-corrected chi connectivity index (χ2v) is 16.2. The Morgan fingerprint density at radius 3 is 1.70 bits per heavy atom. The molecule has 0 bridgehead atoms. The molecule has 64 heavy (non-hydrogen) atoms. The zero-order valence-electron chi connectivity index (χ0n) is 38.8. The van der Waals surface area contributed by atoms with Crippen molar-refractivity contribution in [2.24, 2.45) is 11.7 Å². The summed E-state index contributed by atoms with van der Waals surface area (Å²) < 4.78 is 10.1. The van der Waals surface area contributed by atoms with Gasteiger partial charge >= 0.3 is 17.9 Å². The van der Waals surface area contributed by atoms with Gasteiger partial charge in [-0.2, -0.15) is 0 Å². The van der Waals surface area contributed by atoms with Gasteiger partial charge in [-0.25, -0.2) is 9.78 Å². The Balaban J connectivity index is 0. The third kappa shape index (κ3) is 37.0. The lowest BCUT2D eigenvalue weighted by Crippen LogP contribution is -2.41. The number of ketones is 1. The van der Waals surface area contributed by atoms with E-state index in [4.69, 9.17) is 20.3 Å². The van der Waals surface area contributed by atoms with Gasteiger partial charge in [0.05, 0.1) is 24.9 Å². The van der Waals surface area contributed by atoms with E-state index >= 15 is 0 Å². The Morgan fingerprint density at radius 1 is 0.656 bits per heavy atom. The topological polar surface area (TPSA) is 289 Å². The summed E-state index contributed by atoms with van der Waals surface area (Å²) in [5.41, 5.74) is 6.59. The maximum atomic E-state index is 12.2. The van der Waals surface area contributed by atoms with Crippen LogP contribution in [0.5, 0.6) is 0 Å². The fraction of sp³-hybridized carbons (Fsp3) is 0.783. The number of amides is 3. The van der Waals surface area contributed by atoms with Crippen molar-refractivity contribution in [1.82, 2.24) is 25.9 Å². The molecule has 0 aromatic carbocycles. The average Bonchev–Trinajstić information content (AvgIpc) is 3.77. The number of unbranched alkanes of at least 4 members (excludes halogenated alkanes) is 16. The van der Waals surface area contributed by atoms with Crippen LogP contribution in [-0.2, 0) is 49.5 Å². The summed E-state index contributed by atoms with van der Waals surface area (Å²) in [5, 5.41) is 35.2. The molecule has 0 aliphatic heterocycles. The molecular formula is C46H84N6O12. The number of carbonyl (C=O) groups is 7. The molecule has 18 heteroatoms. The summed E-state index contributed by atoms with van der Waals surface area (Å²) in [7, 11) is 0. The maximum absolute atomic E-state index is 12.2. The Labute approximate surface area is 382 Å². The number of nitrogens with two attached hydrogens (primary N) is 1. The lowest BCUT2D eigenvalue weighted by molar-refractivity contribution is -0.144. The minimum absolute atomic E-state index is 0. The lowest BCUT2D eigenvalue weighted by atomic mass is 9.92. The first-order chi connectivity index (χ1) is 30.8. The van der Waals surface area contributed by atoms with Gasteiger partial charge in [0.25, 0.3) is 0 Å². The van der Waals surface area contributed by atoms with Crippen LogP contribution in [0.4, 0.5) is 0 Å². The Bertz CT molecular complexity index is 1400. The first kappa shape index (κ1) is 59.6. The molecule has 0 saturated carbocycles. The molecule has 0 fully saturated rings. The molecule has 18 nitrogen and oxygen atoms in total. The zero-order valence-corrected chi connectivity index (χ0v) is 38.8. The highest BCUT2D eigenvalue weighted by Gasteiger charge is 2.25. The minimum Gasteiger partial charge on any atom is -0.481 e. The van der Waals surface area contributed by atoms with Crippen molar-refractivity contribution >= 4 is 41.4 Å². The van der Waals surface area contributed by atoms with E-state index in [2.05, 4.69) is 25.9 Å². The van der Waals surface area contributed by atoms with E-state index in [9.17, 15) is 43.8 Å². The third-order valence-corrected chi connectivity index (χ3v) is 10.6. The Hall–Kier alpha value is -4.42. The van der Waals surface area contributed by atoms with E-state index in [1.165, 1.54) is 70.5 Å². The molecule has 1 heterocycles. The molecule has 1 aromatic rings. The lowest BCUT2D eigenvalue weighted by Gasteiger charge is -2.15. The van der Waals surface area contributed by atoms with E-state index in [1.807, 2.05) is 13.8 Å². The second kappa shape index (κ2) is 41.3. The zero-order chi connectivity index (χ0) is 47.6. The number of aliphatic carboxylic acids is 3. The van der Waals surface area contributed by atoms with E-state index in [1.54, 1.807) is 6.20 Å². The van der Waals surface area contributed by atoms with Crippen molar-refractivity contribution in [3.05, 3.63) is 18.2 Å². The summed E-state index contributed by atoms with van der Waals surface area (Å²) >= 11 is 0. The van der Waals surface area contributed by atoms with Crippen LogP contribution in [0, 0.1) is 5.92 Å². The van der Waals surface area contributed by atoms with Gasteiger partial charge in [0.1, 0.15) is 12.6 Å². The standard InChI is InChI=1S/C29H54N2O7.C17H28N4O5.H2/c1-2-38-24-23-30-26(32)22-21-25(29(36)37)31-27(33)19-17-15-13-11-9-7-5-3-4-6-8-10-12-14-16-18-20-28(34)35;1-2-26-10-16(23)20-6-4-3-5-12(17(24)25)7-15(22)14(18)8-13-9-19-11-21-13;/h25H,2-24H2,1H3,(H,30,32)(H,31,33)(H,34,35)(H,36,37);9,11-12,14H,2-8,10,18H2,1H3,(H,19,21)(H,20,23)(H,24,25);1H/t25-;12-,14+;/m01./s1. The van der Waals surface area contributed by atoms with Crippen LogP contribution in [-0.4, -0.2) is 118 Å². The van der Waals surface area contributed by atoms with Crippen LogP contribution in [0.2, 0.25) is 0 Å². The minimum atomic E-state index is -1.12. The van der Waals surface area contributed by atoms with Crippen LogP contribution in [0.3, 0.4) is 0 Å². The third-order valence-electron chi connectivity index (χ3n) is 10.6. The van der Waals surface area contributed by atoms with Gasteiger partial charge < -0.3 is 51.5 Å². The van der Waals surface area contributed by atoms with Gasteiger partial charge in [-0.15, -0.1) is 0 Å². The van der Waals surface area contributed by atoms with Crippen molar-refractivity contribution in [3.63, 3.8) is 0 Å². The van der Waals surface area contributed by atoms with Gasteiger partial charge in [-0.3, -0.25) is 28.8 Å². The predicted molar refractivity (Wildman–Crippen MR) is 246 cm³/mol. The second-order valence-electron chi connectivity index (χ2n) is 16.2. The average molecular weight is 913 g/mol. The fourth-order valence-corrected chi connectivity index (χ4v) is 6.77. The Kier molecular flexibility index (Phi) is 38.4. The SMILES string of the molecule is CCOCC(=O)NCCCC[C@H](CC(=O)[C@@H](N)Cc1cnc[nH]1)C(=O)O.CCOCCNC(=O)CC[C@H](NC(=O)CCCCCCCCCCCCCCCCCCC(=O)O)C(=O)O.[HH]. The van der Waals surface area contributed by atoms with Gasteiger partial charge in [0, 0.05) is 71.7 Å².